The highest BCUT2D eigenvalue weighted by Crippen LogP contribution is 2.19. The van der Waals surface area contributed by atoms with Crippen LogP contribution in [0.1, 0.15) is 33.6 Å². The molecule has 1 aliphatic rings. The van der Waals surface area contributed by atoms with Gasteiger partial charge in [-0.05, 0) is 33.6 Å². The van der Waals surface area contributed by atoms with Crippen LogP contribution >= 0.6 is 0 Å². The van der Waals surface area contributed by atoms with Crippen LogP contribution in [0.4, 0.5) is 0 Å². The van der Waals surface area contributed by atoms with Crippen molar-refractivity contribution in [1.82, 2.24) is 4.31 Å². The minimum atomic E-state index is -0.779. The van der Waals surface area contributed by atoms with Crippen LogP contribution in [0, 0.1) is 0 Å². The fourth-order valence-electron chi connectivity index (χ4n) is 1.24. The van der Waals surface area contributed by atoms with Crippen LogP contribution < -0.4 is 0 Å². The fraction of sp³-hybridized carbons (Fsp3) is 1.00. The average molecular weight is 175 g/mol. The maximum Gasteiger partial charge on any atom is 0.0997 e. The largest absolute Gasteiger partial charge is 0.242 e. The third-order valence-electron chi connectivity index (χ3n) is 1.82. The minimum absolute atomic E-state index is 0.0790. The van der Waals surface area contributed by atoms with E-state index < -0.39 is 11.0 Å². The van der Waals surface area contributed by atoms with E-state index in [-0.39, 0.29) is 4.75 Å². The molecule has 0 aromatic rings. The Kier molecular flexibility index (Phi) is 2.70. The molecular formula is C8H17NOS. The van der Waals surface area contributed by atoms with Gasteiger partial charge in [0, 0.05) is 13.1 Å². The average Bonchev–Trinajstić information content (AvgIpc) is 2.34. The van der Waals surface area contributed by atoms with E-state index in [0.29, 0.717) is 0 Å². The van der Waals surface area contributed by atoms with E-state index in [1.54, 1.807) is 0 Å². The number of hydrogen-bond acceptors (Lipinski definition) is 1. The lowest BCUT2D eigenvalue weighted by Crippen LogP contribution is -2.35. The van der Waals surface area contributed by atoms with Crippen molar-refractivity contribution in [1.29, 1.82) is 0 Å². The molecule has 0 N–H and O–H groups in total. The van der Waals surface area contributed by atoms with Crippen molar-refractivity contribution in [3.8, 4) is 0 Å². The van der Waals surface area contributed by atoms with Gasteiger partial charge in [0.05, 0.1) is 15.7 Å². The van der Waals surface area contributed by atoms with Crippen molar-refractivity contribution in [2.75, 3.05) is 13.1 Å². The van der Waals surface area contributed by atoms with Crippen molar-refractivity contribution in [2.45, 2.75) is 38.4 Å². The van der Waals surface area contributed by atoms with Crippen LogP contribution in [0.3, 0.4) is 0 Å². The molecule has 0 aromatic heterocycles. The van der Waals surface area contributed by atoms with Crippen LogP contribution in [0.15, 0.2) is 0 Å². The smallest absolute Gasteiger partial charge is 0.0997 e. The highest BCUT2D eigenvalue weighted by atomic mass is 32.2. The summed E-state index contributed by atoms with van der Waals surface area (Å²) in [5.74, 6) is 0. The molecule has 1 saturated heterocycles. The Morgan fingerprint density at radius 1 is 1.18 bits per heavy atom. The second kappa shape index (κ2) is 3.23. The molecular weight excluding hydrogens is 158 g/mol. The third kappa shape index (κ3) is 2.27. The van der Waals surface area contributed by atoms with Gasteiger partial charge < -0.3 is 0 Å². The van der Waals surface area contributed by atoms with Gasteiger partial charge in [0.15, 0.2) is 0 Å². The summed E-state index contributed by atoms with van der Waals surface area (Å²) >= 11 is 0. The maximum atomic E-state index is 11.7. The van der Waals surface area contributed by atoms with Gasteiger partial charge in [0.25, 0.3) is 0 Å². The molecule has 2 nitrogen and oxygen atoms in total. The summed E-state index contributed by atoms with van der Waals surface area (Å²) in [4.78, 5) is 0. The molecule has 0 bridgehead atoms. The highest BCUT2D eigenvalue weighted by molar-refractivity contribution is 7.84. The molecule has 1 rings (SSSR count). The van der Waals surface area contributed by atoms with Gasteiger partial charge in [-0.1, -0.05) is 0 Å². The van der Waals surface area contributed by atoms with Gasteiger partial charge in [0.1, 0.15) is 0 Å². The molecule has 66 valence electrons. The lowest BCUT2D eigenvalue weighted by Gasteiger charge is -2.24. The first-order valence-corrected chi connectivity index (χ1v) is 5.29. The van der Waals surface area contributed by atoms with Crippen molar-refractivity contribution in [3.05, 3.63) is 0 Å². The number of rotatable bonds is 1. The minimum Gasteiger partial charge on any atom is -0.242 e. The van der Waals surface area contributed by atoms with E-state index in [1.165, 1.54) is 12.8 Å². The zero-order chi connectivity index (χ0) is 8.48. The Morgan fingerprint density at radius 2 is 1.64 bits per heavy atom. The Labute approximate surface area is 71.6 Å². The van der Waals surface area contributed by atoms with Gasteiger partial charge in [-0.25, -0.2) is 8.51 Å². The molecule has 0 spiro atoms. The van der Waals surface area contributed by atoms with Gasteiger partial charge in [0.2, 0.25) is 0 Å². The molecule has 1 atom stereocenters. The van der Waals surface area contributed by atoms with Crippen molar-refractivity contribution >= 4 is 11.0 Å². The fourth-order valence-corrected chi connectivity index (χ4v) is 2.61. The second-order valence-electron chi connectivity index (χ2n) is 4.00. The molecule has 1 unspecified atom stereocenters. The first-order chi connectivity index (χ1) is 5.02. The maximum absolute atomic E-state index is 11.7. The van der Waals surface area contributed by atoms with Crippen LogP contribution in [0.2, 0.25) is 0 Å². The molecule has 0 aromatic carbocycles. The SMILES string of the molecule is CC(C)(C)S(=O)N1CCCC1. The lowest BCUT2D eigenvalue weighted by molar-refractivity contribution is 0.512. The molecule has 0 radical (unpaired) electrons. The molecule has 1 aliphatic heterocycles. The standard InChI is InChI=1S/C8H17NOS/c1-8(2,3)11(10)9-6-4-5-7-9/h4-7H2,1-3H3. The van der Waals surface area contributed by atoms with E-state index in [4.69, 9.17) is 0 Å². The Bertz CT molecular complexity index is 156. The zero-order valence-corrected chi connectivity index (χ0v) is 8.41. The molecule has 3 heteroatoms. The highest BCUT2D eigenvalue weighted by Gasteiger charge is 2.27. The summed E-state index contributed by atoms with van der Waals surface area (Å²) in [6, 6.07) is 0. The summed E-state index contributed by atoms with van der Waals surface area (Å²) in [5.41, 5.74) is 0. The van der Waals surface area contributed by atoms with E-state index in [1.807, 2.05) is 20.8 Å². The Morgan fingerprint density at radius 3 is 2.00 bits per heavy atom. The van der Waals surface area contributed by atoms with Crippen molar-refractivity contribution in [2.24, 2.45) is 0 Å². The Balaban J connectivity index is 2.53. The summed E-state index contributed by atoms with van der Waals surface area (Å²) in [6.07, 6.45) is 2.42. The molecule has 0 saturated carbocycles. The second-order valence-corrected chi connectivity index (χ2v) is 6.24. The summed E-state index contributed by atoms with van der Waals surface area (Å²) < 4.78 is 13.7. The van der Waals surface area contributed by atoms with E-state index in [9.17, 15) is 4.21 Å². The summed E-state index contributed by atoms with van der Waals surface area (Å²) in [5, 5.41) is 0. The van der Waals surface area contributed by atoms with Crippen molar-refractivity contribution < 1.29 is 4.21 Å². The molecule has 11 heavy (non-hydrogen) atoms. The van der Waals surface area contributed by atoms with Crippen LogP contribution in [0.5, 0.6) is 0 Å². The van der Waals surface area contributed by atoms with E-state index in [2.05, 4.69) is 4.31 Å². The predicted octanol–water partition coefficient (Wildman–Crippen LogP) is 1.54. The van der Waals surface area contributed by atoms with E-state index >= 15 is 0 Å². The summed E-state index contributed by atoms with van der Waals surface area (Å²) in [6.45, 7) is 8.12. The van der Waals surface area contributed by atoms with Crippen LogP contribution in [0.25, 0.3) is 0 Å². The third-order valence-corrected chi connectivity index (χ3v) is 3.71. The zero-order valence-electron chi connectivity index (χ0n) is 7.59. The van der Waals surface area contributed by atoms with Crippen LogP contribution in [-0.2, 0) is 11.0 Å². The van der Waals surface area contributed by atoms with Crippen molar-refractivity contribution in [3.63, 3.8) is 0 Å². The van der Waals surface area contributed by atoms with Gasteiger partial charge in [-0.3, -0.25) is 0 Å². The predicted molar refractivity (Wildman–Crippen MR) is 48.7 cm³/mol. The quantitative estimate of drug-likeness (QED) is 0.592. The number of nitrogens with zero attached hydrogens (tertiary/aromatic N) is 1. The molecule has 0 aliphatic carbocycles. The number of hydrogen-bond donors (Lipinski definition) is 0. The Hall–Kier alpha value is 0.110. The first-order valence-electron chi connectivity index (χ1n) is 4.19. The molecule has 0 amide bonds. The van der Waals surface area contributed by atoms with Crippen LogP contribution in [-0.4, -0.2) is 26.4 Å². The van der Waals surface area contributed by atoms with E-state index in [0.717, 1.165) is 13.1 Å². The van der Waals surface area contributed by atoms with Gasteiger partial charge in [-0.2, -0.15) is 0 Å². The molecule has 1 fully saturated rings. The summed E-state index contributed by atoms with van der Waals surface area (Å²) in [7, 11) is -0.779. The first kappa shape index (κ1) is 9.20. The monoisotopic (exact) mass is 175 g/mol. The normalized spacial score (nSPS) is 23.9. The molecule has 1 heterocycles. The topological polar surface area (TPSA) is 20.3 Å². The lowest BCUT2D eigenvalue weighted by atomic mass is 10.3. The van der Waals surface area contributed by atoms with Gasteiger partial charge in [-0.15, -0.1) is 0 Å². The van der Waals surface area contributed by atoms with Gasteiger partial charge >= 0.3 is 0 Å².